The first kappa shape index (κ1) is 11.9. The fourth-order valence-corrected chi connectivity index (χ4v) is 1.17. The molecule has 0 saturated carbocycles. The van der Waals surface area contributed by atoms with E-state index in [-0.39, 0.29) is 6.42 Å². The van der Waals surface area contributed by atoms with Crippen LogP contribution >= 0.6 is 0 Å². The highest BCUT2D eigenvalue weighted by atomic mass is 16.5. The van der Waals surface area contributed by atoms with Crippen molar-refractivity contribution in [2.45, 2.75) is 6.42 Å². The van der Waals surface area contributed by atoms with E-state index in [1.807, 2.05) is 6.07 Å². The number of oxime groups is 1. The van der Waals surface area contributed by atoms with Crippen LogP contribution in [0.3, 0.4) is 0 Å². The van der Waals surface area contributed by atoms with Crippen molar-refractivity contribution in [2.24, 2.45) is 5.16 Å². The van der Waals surface area contributed by atoms with Crippen molar-refractivity contribution in [2.75, 3.05) is 7.11 Å². The summed E-state index contributed by atoms with van der Waals surface area (Å²) in [6.07, 6.45) is -0.00463. The van der Waals surface area contributed by atoms with Gasteiger partial charge in [0.15, 0.2) is 5.78 Å². The van der Waals surface area contributed by atoms with Crippen molar-refractivity contribution in [1.29, 1.82) is 0 Å². The number of hydrogen-bond donors (Lipinski definition) is 1. The molecule has 0 aliphatic heterocycles. The standard InChI is InChI=1S/C11H11NO4/c1-16-11(14)10(12-15)9(13)7-8-5-3-2-4-6-8/h2-6,15H,7H2,1H3. The van der Waals surface area contributed by atoms with E-state index in [0.717, 1.165) is 12.7 Å². The fraction of sp³-hybridized carbons (Fsp3) is 0.182. The predicted molar refractivity (Wildman–Crippen MR) is 56.4 cm³/mol. The molecular weight excluding hydrogens is 210 g/mol. The Hall–Kier alpha value is -2.17. The summed E-state index contributed by atoms with van der Waals surface area (Å²) in [4.78, 5) is 22.6. The molecule has 0 aromatic heterocycles. The predicted octanol–water partition coefficient (Wildman–Crippen LogP) is 0.801. The Morgan fingerprint density at radius 2 is 1.94 bits per heavy atom. The molecular formula is C11H11NO4. The maximum absolute atomic E-state index is 11.6. The summed E-state index contributed by atoms with van der Waals surface area (Å²) in [6, 6.07) is 8.84. The molecule has 0 radical (unpaired) electrons. The van der Waals surface area contributed by atoms with E-state index in [0.29, 0.717) is 0 Å². The van der Waals surface area contributed by atoms with Crippen molar-refractivity contribution < 1.29 is 19.5 Å². The van der Waals surface area contributed by atoms with Crippen LogP contribution in [0.1, 0.15) is 5.56 Å². The molecule has 16 heavy (non-hydrogen) atoms. The maximum Gasteiger partial charge on any atom is 0.363 e. The summed E-state index contributed by atoms with van der Waals surface area (Å²) in [5.74, 6) is -1.52. The molecule has 0 heterocycles. The number of hydrogen-bond acceptors (Lipinski definition) is 5. The third-order valence-corrected chi connectivity index (χ3v) is 1.95. The second-order valence-corrected chi connectivity index (χ2v) is 3.03. The number of carbonyl (C=O) groups is 2. The minimum absolute atomic E-state index is 0.00463. The number of benzene rings is 1. The van der Waals surface area contributed by atoms with Gasteiger partial charge >= 0.3 is 5.97 Å². The number of ketones is 1. The molecule has 1 N–H and O–H groups in total. The summed E-state index contributed by atoms with van der Waals surface area (Å²) in [5.41, 5.74) is 0.143. The van der Waals surface area contributed by atoms with Gasteiger partial charge in [0.2, 0.25) is 5.71 Å². The topological polar surface area (TPSA) is 76.0 Å². The van der Waals surface area contributed by atoms with Crippen LogP contribution in [0.15, 0.2) is 35.5 Å². The van der Waals surface area contributed by atoms with Crippen LogP contribution in [0.5, 0.6) is 0 Å². The van der Waals surface area contributed by atoms with Gasteiger partial charge in [-0.3, -0.25) is 4.79 Å². The van der Waals surface area contributed by atoms with E-state index in [1.54, 1.807) is 24.3 Å². The van der Waals surface area contributed by atoms with E-state index in [9.17, 15) is 9.59 Å². The highest BCUT2D eigenvalue weighted by Gasteiger charge is 2.21. The number of ether oxygens (including phenoxy) is 1. The van der Waals surface area contributed by atoms with Gasteiger partial charge in [-0.1, -0.05) is 35.5 Å². The van der Waals surface area contributed by atoms with Crippen LogP contribution < -0.4 is 0 Å². The Bertz CT molecular complexity index is 411. The fourth-order valence-electron chi connectivity index (χ4n) is 1.17. The molecule has 0 atom stereocenters. The van der Waals surface area contributed by atoms with E-state index in [2.05, 4.69) is 9.89 Å². The lowest BCUT2D eigenvalue weighted by molar-refractivity contribution is -0.133. The van der Waals surface area contributed by atoms with Crippen molar-refractivity contribution in [1.82, 2.24) is 0 Å². The summed E-state index contributed by atoms with van der Waals surface area (Å²) in [6.45, 7) is 0. The van der Waals surface area contributed by atoms with E-state index in [4.69, 9.17) is 5.21 Å². The lowest BCUT2D eigenvalue weighted by Gasteiger charge is -2.01. The lowest BCUT2D eigenvalue weighted by Crippen LogP contribution is -2.27. The number of Topliss-reactive ketones (excluding diaryl/α,β-unsaturated/α-hetero) is 1. The van der Waals surface area contributed by atoms with Gasteiger partial charge in [0.05, 0.1) is 7.11 Å². The second kappa shape index (κ2) is 5.65. The van der Waals surface area contributed by atoms with E-state index < -0.39 is 17.5 Å². The van der Waals surface area contributed by atoms with E-state index >= 15 is 0 Å². The number of esters is 1. The van der Waals surface area contributed by atoms with Gasteiger partial charge in [-0.05, 0) is 5.56 Å². The molecule has 0 spiro atoms. The van der Waals surface area contributed by atoms with Crippen LogP contribution in [-0.2, 0) is 20.7 Å². The molecule has 0 aliphatic carbocycles. The van der Waals surface area contributed by atoms with Crippen molar-refractivity contribution in [3.63, 3.8) is 0 Å². The van der Waals surface area contributed by atoms with Gasteiger partial charge in [0.25, 0.3) is 0 Å². The quantitative estimate of drug-likeness (QED) is 0.268. The summed E-state index contributed by atoms with van der Waals surface area (Å²) < 4.78 is 4.31. The summed E-state index contributed by atoms with van der Waals surface area (Å²) in [5, 5.41) is 11.2. The Morgan fingerprint density at radius 1 is 1.31 bits per heavy atom. The van der Waals surface area contributed by atoms with Crippen LogP contribution in [0.2, 0.25) is 0 Å². The third kappa shape index (κ3) is 2.91. The van der Waals surface area contributed by atoms with E-state index in [1.165, 1.54) is 0 Å². The first-order chi connectivity index (χ1) is 7.69. The molecule has 0 fully saturated rings. The number of methoxy groups -OCH3 is 1. The zero-order valence-electron chi connectivity index (χ0n) is 8.71. The smallest absolute Gasteiger partial charge is 0.363 e. The normalized spacial score (nSPS) is 10.9. The molecule has 0 unspecified atom stereocenters. The Labute approximate surface area is 92.3 Å². The van der Waals surface area contributed by atoms with Crippen molar-refractivity contribution in [3.8, 4) is 0 Å². The van der Waals surface area contributed by atoms with Gasteiger partial charge in [-0.2, -0.15) is 0 Å². The molecule has 0 saturated heterocycles. The molecule has 0 aliphatic rings. The second-order valence-electron chi connectivity index (χ2n) is 3.03. The number of rotatable bonds is 4. The first-order valence-corrected chi connectivity index (χ1v) is 4.56. The average Bonchev–Trinajstić information content (AvgIpc) is 2.31. The first-order valence-electron chi connectivity index (χ1n) is 4.56. The molecule has 0 bridgehead atoms. The number of nitrogens with zero attached hydrogens (tertiary/aromatic N) is 1. The number of carbonyl (C=O) groups excluding carboxylic acids is 2. The Morgan fingerprint density at radius 3 is 2.44 bits per heavy atom. The Balaban J connectivity index is 2.76. The highest BCUT2D eigenvalue weighted by Crippen LogP contribution is 2.01. The zero-order valence-corrected chi connectivity index (χ0v) is 8.71. The van der Waals surface area contributed by atoms with Gasteiger partial charge in [-0.15, -0.1) is 0 Å². The molecule has 0 amide bonds. The van der Waals surface area contributed by atoms with Gasteiger partial charge in [0.1, 0.15) is 0 Å². The van der Waals surface area contributed by atoms with Crippen LogP contribution in [0, 0.1) is 0 Å². The molecule has 5 nitrogen and oxygen atoms in total. The highest BCUT2D eigenvalue weighted by molar-refractivity contribution is 6.64. The van der Waals surface area contributed by atoms with Crippen molar-refractivity contribution >= 4 is 17.5 Å². The summed E-state index contributed by atoms with van der Waals surface area (Å²) in [7, 11) is 1.11. The van der Waals surface area contributed by atoms with Gasteiger partial charge in [0, 0.05) is 6.42 Å². The monoisotopic (exact) mass is 221 g/mol. The lowest BCUT2D eigenvalue weighted by atomic mass is 10.1. The molecule has 1 aromatic carbocycles. The van der Waals surface area contributed by atoms with Gasteiger partial charge in [-0.25, -0.2) is 4.79 Å². The summed E-state index contributed by atoms with van der Waals surface area (Å²) >= 11 is 0. The minimum Gasteiger partial charge on any atom is -0.464 e. The average molecular weight is 221 g/mol. The van der Waals surface area contributed by atoms with Crippen LogP contribution in [0.25, 0.3) is 0 Å². The maximum atomic E-state index is 11.6. The van der Waals surface area contributed by atoms with Crippen LogP contribution in [0.4, 0.5) is 0 Å². The molecule has 1 rings (SSSR count). The zero-order chi connectivity index (χ0) is 12.0. The SMILES string of the molecule is COC(=O)C(=NO)C(=O)Cc1ccccc1. The van der Waals surface area contributed by atoms with Gasteiger partial charge < -0.3 is 9.94 Å². The van der Waals surface area contributed by atoms with Crippen molar-refractivity contribution in [3.05, 3.63) is 35.9 Å². The third-order valence-electron chi connectivity index (χ3n) is 1.95. The van der Waals surface area contributed by atoms with Crippen LogP contribution in [-0.4, -0.2) is 29.8 Å². The molecule has 84 valence electrons. The Kier molecular flexibility index (Phi) is 4.20. The molecule has 1 aromatic rings. The minimum atomic E-state index is -0.941. The molecule has 5 heteroatoms. The largest absolute Gasteiger partial charge is 0.464 e.